The molecule has 0 aromatic heterocycles. The van der Waals surface area contributed by atoms with Crippen molar-refractivity contribution in [2.45, 2.75) is 17.7 Å². The summed E-state index contributed by atoms with van der Waals surface area (Å²) in [7, 11) is -1.15. The first kappa shape index (κ1) is 18.0. The monoisotopic (exact) mass is 378 g/mol. The molecule has 0 saturated heterocycles. The Balaban J connectivity index is 2.13. The maximum atomic E-state index is 13.3. The number of nitro groups is 1. The molecule has 0 amide bonds. The maximum Gasteiger partial charge on any atom is 0.271 e. The van der Waals surface area contributed by atoms with Crippen LogP contribution < -0.4 is 13.8 Å². The first-order valence-electron chi connectivity index (χ1n) is 7.90. The third kappa shape index (κ3) is 3.05. The topological polar surface area (TPSA) is 99.0 Å². The van der Waals surface area contributed by atoms with Crippen LogP contribution in [0, 0.1) is 10.1 Å². The van der Waals surface area contributed by atoms with Gasteiger partial charge in [-0.3, -0.25) is 14.4 Å². The molecule has 9 heteroatoms. The lowest BCUT2D eigenvalue weighted by Crippen LogP contribution is -2.35. The number of hydrogen-bond acceptors (Lipinski definition) is 6. The number of methoxy groups -OCH3 is 2. The van der Waals surface area contributed by atoms with Gasteiger partial charge in [0.1, 0.15) is 16.4 Å². The zero-order valence-corrected chi connectivity index (χ0v) is 15.2. The van der Waals surface area contributed by atoms with Crippen LogP contribution in [0.15, 0.2) is 41.3 Å². The number of sulfonamides is 1. The van der Waals surface area contributed by atoms with Crippen LogP contribution in [-0.2, 0) is 16.4 Å². The van der Waals surface area contributed by atoms with E-state index in [9.17, 15) is 18.5 Å². The molecule has 2 aromatic rings. The number of benzene rings is 2. The molecule has 0 bridgehead atoms. The number of fused-ring (bicyclic) bond motifs is 1. The van der Waals surface area contributed by atoms with E-state index in [1.165, 1.54) is 23.5 Å². The summed E-state index contributed by atoms with van der Waals surface area (Å²) in [6, 6.07) is 8.73. The molecular formula is C17H18N2O6S. The highest BCUT2D eigenvalue weighted by Gasteiger charge is 2.33. The Morgan fingerprint density at radius 3 is 2.54 bits per heavy atom. The van der Waals surface area contributed by atoms with Gasteiger partial charge in [-0.05, 0) is 42.7 Å². The molecule has 1 aliphatic rings. The highest BCUT2D eigenvalue weighted by atomic mass is 32.2. The van der Waals surface area contributed by atoms with Gasteiger partial charge in [-0.15, -0.1) is 0 Å². The molecule has 3 rings (SSSR count). The number of rotatable bonds is 5. The highest BCUT2D eigenvalue weighted by Crippen LogP contribution is 2.37. The lowest BCUT2D eigenvalue weighted by atomic mass is 10.0. The van der Waals surface area contributed by atoms with Crippen molar-refractivity contribution in [2.24, 2.45) is 0 Å². The van der Waals surface area contributed by atoms with E-state index in [0.717, 1.165) is 18.1 Å². The molecule has 1 aliphatic heterocycles. The molecule has 0 aliphatic carbocycles. The van der Waals surface area contributed by atoms with Gasteiger partial charge in [0.15, 0.2) is 0 Å². The molecule has 0 atom stereocenters. The second kappa shape index (κ2) is 6.83. The van der Waals surface area contributed by atoms with Crippen molar-refractivity contribution >= 4 is 21.4 Å². The van der Waals surface area contributed by atoms with Crippen LogP contribution in [0.5, 0.6) is 11.5 Å². The molecule has 138 valence electrons. The number of nitro benzene ring substituents is 1. The molecule has 26 heavy (non-hydrogen) atoms. The van der Waals surface area contributed by atoms with Gasteiger partial charge in [0.05, 0.1) is 24.8 Å². The van der Waals surface area contributed by atoms with Gasteiger partial charge < -0.3 is 9.47 Å². The molecule has 8 nitrogen and oxygen atoms in total. The van der Waals surface area contributed by atoms with Gasteiger partial charge in [-0.25, -0.2) is 8.42 Å². The molecule has 0 N–H and O–H groups in total. The average molecular weight is 378 g/mol. The van der Waals surface area contributed by atoms with Crippen molar-refractivity contribution in [1.82, 2.24) is 0 Å². The summed E-state index contributed by atoms with van der Waals surface area (Å²) in [6.07, 6.45) is 1.36. The van der Waals surface area contributed by atoms with E-state index >= 15 is 0 Å². The van der Waals surface area contributed by atoms with Crippen LogP contribution in [0.4, 0.5) is 11.4 Å². The van der Waals surface area contributed by atoms with Crippen molar-refractivity contribution in [1.29, 1.82) is 0 Å². The van der Waals surface area contributed by atoms with Gasteiger partial charge >= 0.3 is 0 Å². The Kier molecular flexibility index (Phi) is 4.73. The minimum Gasteiger partial charge on any atom is -0.497 e. The van der Waals surface area contributed by atoms with Crippen molar-refractivity contribution in [2.75, 3.05) is 25.1 Å². The van der Waals surface area contributed by atoms with Gasteiger partial charge in [-0.1, -0.05) is 0 Å². The fraction of sp³-hybridized carbons (Fsp3) is 0.294. The van der Waals surface area contributed by atoms with E-state index in [0.29, 0.717) is 17.9 Å². The van der Waals surface area contributed by atoms with Gasteiger partial charge in [0.2, 0.25) is 0 Å². The maximum absolute atomic E-state index is 13.3. The normalized spacial score (nSPS) is 13.8. The van der Waals surface area contributed by atoms with Crippen LogP contribution in [0.1, 0.15) is 12.0 Å². The Morgan fingerprint density at radius 2 is 1.88 bits per heavy atom. The first-order valence-corrected chi connectivity index (χ1v) is 9.34. The summed E-state index contributed by atoms with van der Waals surface area (Å²) >= 11 is 0. The quantitative estimate of drug-likeness (QED) is 0.586. The fourth-order valence-electron chi connectivity index (χ4n) is 3.01. The predicted octanol–water partition coefficient (Wildman–Crippen LogP) is 2.75. The van der Waals surface area contributed by atoms with E-state index < -0.39 is 14.9 Å². The molecule has 0 saturated carbocycles. The standard InChI is InChI=1S/C17H18N2O6S/c1-24-14-6-7-15-12(10-14)4-3-9-18(15)26(22,23)17-11-13(19(20)21)5-8-16(17)25-2/h5-8,10-11H,3-4,9H2,1-2H3. The van der Waals surface area contributed by atoms with Crippen molar-refractivity contribution < 1.29 is 22.8 Å². The van der Waals surface area contributed by atoms with Crippen molar-refractivity contribution in [3.05, 3.63) is 52.1 Å². The van der Waals surface area contributed by atoms with E-state index in [1.807, 2.05) is 6.07 Å². The molecule has 0 unspecified atom stereocenters. The Hall–Kier alpha value is -2.81. The zero-order valence-electron chi connectivity index (χ0n) is 14.3. The predicted molar refractivity (Wildman–Crippen MR) is 95.5 cm³/mol. The van der Waals surface area contributed by atoms with Crippen LogP contribution in [0.25, 0.3) is 0 Å². The number of ether oxygens (including phenoxy) is 2. The Labute approximate surface area is 151 Å². The highest BCUT2D eigenvalue weighted by molar-refractivity contribution is 7.93. The fourth-order valence-corrected chi connectivity index (χ4v) is 4.73. The Morgan fingerprint density at radius 1 is 1.12 bits per heavy atom. The van der Waals surface area contributed by atoms with Crippen LogP contribution >= 0.6 is 0 Å². The average Bonchev–Trinajstić information content (AvgIpc) is 2.66. The van der Waals surface area contributed by atoms with Crippen molar-refractivity contribution in [3.8, 4) is 11.5 Å². The number of non-ortho nitro benzene ring substituents is 1. The molecule has 0 radical (unpaired) electrons. The molecule has 0 fully saturated rings. The van der Waals surface area contributed by atoms with Gasteiger partial charge in [-0.2, -0.15) is 0 Å². The third-order valence-electron chi connectivity index (χ3n) is 4.29. The second-order valence-corrected chi connectivity index (χ2v) is 7.60. The summed E-state index contributed by atoms with van der Waals surface area (Å²) in [5.74, 6) is 0.715. The van der Waals surface area contributed by atoms with E-state index in [2.05, 4.69) is 0 Å². The molecule has 2 aromatic carbocycles. The van der Waals surface area contributed by atoms with E-state index in [-0.39, 0.29) is 22.9 Å². The van der Waals surface area contributed by atoms with Crippen LogP contribution in [0.2, 0.25) is 0 Å². The summed E-state index contributed by atoms with van der Waals surface area (Å²) in [5, 5.41) is 11.1. The van der Waals surface area contributed by atoms with E-state index in [1.54, 1.807) is 19.2 Å². The molecule has 1 heterocycles. The van der Waals surface area contributed by atoms with Gasteiger partial charge in [0, 0.05) is 18.7 Å². The van der Waals surface area contributed by atoms with Crippen LogP contribution in [0.3, 0.4) is 0 Å². The SMILES string of the molecule is COc1ccc2c(c1)CCCN2S(=O)(=O)c1cc([N+](=O)[O-])ccc1OC. The number of hydrogen-bond donors (Lipinski definition) is 0. The summed E-state index contributed by atoms with van der Waals surface area (Å²) < 4.78 is 38.1. The van der Waals surface area contributed by atoms with Crippen molar-refractivity contribution in [3.63, 3.8) is 0 Å². The number of aryl methyl sites for hydroxylation is 1. The molecular weight excluding hydrogens is 360 g/mol. The Bertz CT molecular complexity index is 958. The number of anilines is 1. The summed E-state index contributed by atoms with van der Waals surface area (Å²) in [4.78, 5) is 10.2. The van der Waals surface area contributed by atoms with Gasteiger partial charge in [0.25, 0.3) is 15.7 Å². The second-order valence-electron chi connectivity index (χ2n) is 5.77. The van der Waals surface area contributed by atoms with E-state index in [4.69, 9.17) is 9.47 Å². The number of nitrogens with zero attached hydrogens (tertiary/aromatic N) is 2. The summed E-state index contributed by atoms with van der Waals surface area (Å²) in [5.41, 5.74) is 1.09. The molecule has 0 spiro atoms. The minimum atomic E-state index is -4.03. The largest absolute Gasteiger partial charge is 0.497 e. The lowest BCUT2D eigenvalue weighted by Gasteiger charge is -2.31. The minimum absolute atomic E-state index is 0.0660. The summed E-state index contributed by atoms with van der Waals surface area (Å²) in [6.45, 7) is 0.285. The lowest BCUT2D eigenvalue weighted by molar-refractivity contribution is -0.385. The third-order valence-corrected chi connectivity index (χ3v) is 6.12. The zero-order chi connectivity index (χ0) is 18.9. The smallest absolute Gasteiger partial charge is 0.271 e. The first-order chi connectivity index (χ1) is 12.4. The van der Waals surface area contributed by atoms with Crippen LogP contribution in [-0.4, -0.2) is 34.1 Å².